The van der Waals surface area contributed by atoms with Gasteiger partial charge in [-0.15, -0.1) is 0 Å². The molecular formula is C25H30ClN7O2. The predicted octanol–water partition coefficient (Wildman–Crippen LogP) is 3.18. The van der Waals surface area contributed by atoms with Crippen LogP contribution in [0, 0.1) is 6.92 Å². The van der Waals surface area contributed by atoms with Gasteiger partial charge in [0.25, 0.3) is 5.56 Å². The Hall–Kier alpha value is -3.43. The number of carbonyl (C=O) groups excluding carboxylic acids is 1. The third-order valence-corrected chi connectivity index (χ3v) is 6.26. The Balaban J connectivity index is 1.67. The maximum Gasteiger partial charge on any atom is 0.280 e. The zero-order valence-corrected chi connectivity index (χ0v) is 21.0. The van der Waals surface area contributed by atoms with Gasteiger partial charge >= 0.3 is 0 Å². The molecule has 1 aromatic carbocycles. The average molecular weight is 496 g/mol. The molecule has 184 valence electrons. The van der Waals surface area contributed by atoms with Gasteiger partial charge in [0.2, 0.25) is 5.91 Å². The number of amides is 1. The van der Waals surface area contributed by atoms with Crippen LogP contribution in [0.15, 0.2) is 53.6 Å². The second-order valence-corrected chi connectivity index (χ2v) is 8.74. The van der Waals surface area contributed by atoms with E-state index in [1.807, 2.05) is 41.2 Å². The van der Waals surface area contributed by atoms with Gasteiger partial charge in [-0.3, -0.25) is 9.59 Å². The molecule has 35 heavy (non-hydrogen) atoms. The second kappa shape index (κ2) is 10.9. The van der Waals surface area contributed by atoms with Crippen LogP contribution >= 0.6 is 11.6 Å². The van der Waals surface area contributed by atoms with E-state index in [-0.39, 0.29) is 18.0 Å². The van der Waals surface area contributed by atoms with Gasteiger partial charge in [0.05, 0.1) is 11.4 Å². The highest BCUT2D eigenvalue weighted by atomic mass is 35.5. The number of nitrogens with one attached hydrogen (secondary N) is 1. The molecule has 3 aromatic heterocycles. The number of benzene rings is 1. The van der Waals surface area contributed by atoms with Crippen molar-refractivity contribution in [2.75, 3.05) is 26.2 Å². The first-order valence-corrected chi connectivity index (χ1v) is 12.2. The molecule has 9 nitrogen and oxygen atoms in total. The normalized spacial score (nSPS) is 11.5. The molecule has 4 aromatic rings. The van der Waals surface area contributed by atoms with Crippen molar-refractivity contribution >= 4 is 28.4 Å². The monoisotopic (exact) mass is 495 g/mol. The third-order valence-electron chi connectivity index (χ3n) is 6.00. The topological polar surface area (TPSA) is 90.0 Å². The maximum absolute atomic E-state index is 13.6. The largest absolute Gasteiger partial charge is 0.354 e. The second-order valence-electron chi connectivity index (χ2n) is 8.30. The van der Waals surface area contributed by atoms with Crippen LogP contribution in [0.5, 0.6) is 0 Å². The first kappa shape index (κ1) is 24.7. The molecule has 0 atom stereocenters. The Kier molecular flexibility index (Phi) is 7.67. The molecule has 0 aliphatic rings. The zero-order chi connectivity index (χ0) is 24.9. The highest BCUT2D eigenvalue weighted by Crippen LogP contribution is 2.25. The lowest BCUT2D eigenvalue weighted by atomic mass is 10.2. The Bertz CT molecular complexity index is 1350. The van der Waals surface area contributed by atoms with Crippen LogP contribution in [0.3, 0.4) is 0 Å². The van der Waals surface area contributed by atoms with Crippen molar-refractivity contribution < 1.29 is 4.79 Å². The van der Waals surface area contributed by atoms with Crippen molar-refractivity contribution in [3.8, 4) is 11.5 Å². The van der Waals surface area contributed by atoms with Gasteiger partial charge in [-0.1, -0.05) is 25.4 Å². The van der Waals surface area contributed by atoms with Crippen molar-refractivity contribution in [1.82, 2.24) is 34.3 Å². The highest BCUT2D eigenvalue weighted by molar-refractivity contribution is 6.30. The number of halogens is 1. The number of hydrogen-bond donors (Lipinski definition) is 1. The van der Waals surface area contributed by atoms with Crippen molar-refractivity contribution in [2.24, 2.45) is 0 Å². The number of carbonyl (C=O) groups is 1. The molecule has 3 heterocycles. The summed E-state index contributed by atoms with van der Waals surface area (Å²) in [6.07, 6.45) is 4.55. The zero-order valence-electron chi connectivity index (χ0n) is 20.2. The quantitative estimate of drug-likeness (QED) is 0.341. The Morgan fingerprint density at radius 2 is 1.77 bits per heavy atom. The fraction of sp³-hybridized carbons (Fsp3) is 0.360. The molecule has 0 radical (unpaired) electrons. The lowest BCUT2D eigenvalue weighted by Crippen LogP contribution is -2.35. The van der Waals surface area contributed by atoms with Gasteiger partial charge in [-0.2, -0.15) is 10.2 Å². The Morgan fingerprint density at radius 1 is 1.09 bits per heavy atom. The molecule has 0 saturated carbocycles. The van der Waals surface area contributed by atoms with E-state index in [0.717, 1.165) is 31.7 Å². The Labute approximate surface area is 208 Å². The number of rotatable bonds is 10. The average Bonchev–Trinajstić information content (AvgIpc) is 3.51. The number of aromatic nitrogens is 5. The van der Waals surface area contributed by atoms with Crippen molar-refractivity contribution in [2.45, 2.75) is 33.7 Å². The summed E-state index contributed by atoms with van der Waals surface area (Å²) in [4.78, 5) is 28.5. The molecule has 1 N–H and O–H groups in total. The first-order chi connectivity index (χ1) is 16.9. The summed E-state index contributed by atoms with van der Waals surface area (Å²) in [5.41, 5.74) is 1.44. The third kappa shape index (κ3) is 5.31. The van der Waals surface area contributed by atoms with E-state index < -0.39 is 0 Å². The summed E-state index contributed by atoms with van der Waals surface area (Å²) >= 11 is 6.07. The van der Waals surface area contributed by atoms with E-state index in [0.29, 0.717) is 34.0 Å². The summed E-state index contributed by atoms with van der Waals surface area (Å²) in [5.74, 6) is 0.335. The number of hydrogen-bond acceptors (Lipinski definition) is 5. The molecule has 0 spiro atoms. The van der Waals surface area contributed by atoms with Crippen LogP contribution in [0.4, 0.5) is 0 Å². The number of aryl methyl sites for hydroxylation is 1. The van der Waals surface area contributed by atoms with Gasteiger partial charge in [0, 0.05) is 24.0 Å². The van der Waals surface area contributed by atoms with E-state index in [1.165, 1.54) is 4.68 Å². The fourth-order valence-electron chi connectivity index (χ4n) is 4.11. The minimum Gasteiger partial charge on any atom is -0.354 e. The molecule has 0 aliphatic heterocycles. The predicted molar refractivity (Wildman–Crippen MR) is 138 cm³/mol. The summed E-state index contributed by atoms with van der Waals surface area (Å²) < 4.78 is 4.76. The van der Waals surface area contributed by atoms with Crippen LogP contribution in [-0.2, 0) is 11.3 Å². The minimum absolute atomic E-state index is 0.155. The van der Waals surface area contributed by atoms with Crippen LogP contribution in [-0.4, -0.2) is 61.1 Å². The van der Waals surface area contributed by atoms with E-state index >= 15 is 0 Å². The van der Waals surface area contributed by atoms with Crippen molar-refractivity contribution in [3.63, 3.8) is 0 Å². The lowest BCUT2D eigenvalue weighted by molar-refractivity contribution is -0.121. The fourth-order valence-corrected chi connectivity index (χ4v) is 4.23. The van der Waals surface area contributed by atoms with E-state index in [1.54, 1.807) is 23.7 Å². The van der Waals surface area contributed by atoms with Gasteiger partial charge in [-0.05, 0) is 69.4 Å². The first-order valence-electron chi connectivity index (χ1n) is 11.8. The number of fused-ring (bicyclic) bond motifs is 1. The molecule has 0 aliphatic carbocycles. The SMILES string of the molecule is CCN(CC)CCCNC(=O)Cn1nc(C)c2nn(-c3ccc(Cl)cc3)c(-n3cccc3)c2c1=O. The van der Waals surface area contributed by atoms with E-state index in [2.05, 4.69) is 29.2 Å². The summed E-state index contributed by atoms with van der Waals surface area (Å²) in [5, 5.41) is 13.0. The molecule has 0 bridgehead atoms. The summed E-state index contributed by atoms with van der Waals surface area (Å²) in [6.45, 7) is 9.31. The minimum atomic E-state index is -0.368. The van der Waals surface area contributed by atoms with Crippen molar-refractivity contribution in [3.05, 3.63) is 69.9 Å². The van der Waals surface area contributed by atoms with Crippen LogP contribution in [0.1, 0.15) is 26.0 Å². The Morgan fingerprint density at radius 3 is 2.43 bits per heavy atom. The summed E-state index contributed by atoms with van der Waals surface area (Å²) in [7, 11) is 0. The van der Waals surface area contributed by atoms with Crippen molar-refractivity contribution in [1.29, 1.82) is 0 Å². The standard InChI is InChI=1S/C25H30ClN7O2/c1-4-30(5-2)14-8-13-27-21(34)17-32-25(35)22-23(18(3)28-32)29-33(20-11-9-19(26)10-12-20)24(22)31-15-6-7-16-31/h6-7,9-12,15-16H,4-5,8,13-14,17H2,1-3H3,(H,27,34). The molecule has 0 unspecified atom stereocenters. The van der Waals surface area contributed by atoms with Crippen LogP contribution in [0.25, 0.3) is 22.4 Å². The van der Waals surface area contributed by atoms with E-state index in [4.69, 9.17) is 16.7 Å². The summed E-state index contributed by atoms with van der Waals surface area (Å²) in [6, 6.07) is 11.0. The van der Waals surface area contributed by atoms with Crippen LogP contribution in [0.2, 0.25) is 5.02 Å². The van der Waals surface area contributed by atoms with Crippen LogP contribution < -0.4 is 10.9 Å². The molecule has 0 fully saturated rings. The smallest absolute Gasteiger partial charge is 0.280 e. The maximum atomic E-state index is 13.6. The number of nitrogens with zero attached hydrogens (tertiary/aromatic N) is 6. The highest BCUT2D eigenvalue weighted by Gasteiger charge is 2.22. The molecule has 4 rings (SSSR count). The van der Waals surface area contributed by atoms with Gasteiger partial charge in [-0.25, -0.2) is 9.36 Å². The van der Waals surface area contributed by atoms with E-state index in [9.17, 15) is 9.59 Å². The molecule has 10 heteroatoms. The van der Waals surface area contributed by atoms with Gasteiger partial charge in [0.1, 0.15) is 17.4 Å². The lowest BCUT2D eigenvalue weighted by Gasteiger charge is -2.17. The van der Waals surface area contributed by atoms with Gasteiger partial charge in [0.15, 0.2) is 5.82 Å². The van der Waals surface area contributed by atoms with Gasteiger partial charge < -0.3 is 14.8 Å². The molecule has 0 saturated heterocycles. The molecular weight excluding hydrogens is 466 g/mol. The molecule has 1 amide bonds.